The Bertz CT molecular complexity index is 491. The molecule has 0 fully saturated rings. The maximum atomic E-state index is 5.96. The van der Waals surface area contributed by atoms with Crippen molar-refractivity contribution in [2.24, 2.45) is 0 Å². The van der Waals surface area contributed by atoms with Gasteiger partial charge in [-0.3, -0.25) is 0 Å². The van der Waals surface area contributed by atoms with Crippen molar-refractivity contribution in [1.82, 2.24) is 0 Å². The fourth-order valence-electron chi connectivity index (χ4n) is 3.89. The maximum absolute atomic E-state index is 5.96. The Morgan fingerprint density at radius 3 is 1.81 bits per heavy atom. The number of nitrogens with zero attached hydrogens (tertiary/aromatic N) is 1. The monoisotopic (exact) mass is 482 g/mol. The van der Waals surface area contributed by atoms with Gasteiger partial charge in [0, 0.05) is 29.0 Å². The zero-order valence-electron chi connectivity index (χ0n) is 17.8. The number of halogens is 1. The molecule has 1 atom stereocenters. The van der Waals surface area contributed by atoms with Crippen LogP contribution in [0.1, 0.15) is 83.6 Å². The van der Waals surface area contributed by atoms with Gasteiger partial charge in [-0.2, -0.15) is 0 Å². The standard InChI is InChI=1S/C25H41IN/c1-4-7-9-11-16-21-27(25(26)6-3,22-17-12-10-8-5-2)23-20-24-18-14-13-15-19-24/h3,13-15,18-19,25H,4-5,7-12,16-17,20-23H2,1-2H3/q+1. The van der Waals surface area contributed by atoms with Crippen molar-refractivity contribution >= 4 is 22.6 Å². The van der Waals surface area contributed by atoms with Gasteiger partial charge in [-0.15, -0.1) is 6.42 Å². The van der Waals surface area contributed by atoms with E-state index in [9.17, 15) is 0 Å². The fourth-order valence-corrected chi connectivity index (χ4v) is 4.73. The summed E-state index contributed by atoms with van der Waals surface area (Å²) in [5, 5.41) is 0. The van der Waals surface area contributed by atoms with Gasteiger partial charge in [0.2, 0.25) is 4.05 Å². The van der Waals surface area contributed by atoms with Crippen molar-refractivity contribution < 1.29 is 4.48 Å². The van der Waals surface area contributed by atoms with Crippen LogP contribution in [0.2, 0.25) is 0 Å². The molecule has 0 bridgehead atoms. The Labute approximate surface area is 183 Å². The third-order valence-electron chi connectivity index (χ3n) is 5.72. The molecule has 1 aromatic carbocycles. The molecule has 0 heterocycles. The van der Waals surface area contributed by atoms with E-state index in [2.05, 4.69) is 72.7 Å². The van der Waals surface area contributed by atoms with E-state index in [0.29, 0.717) is 0 Å². The second-order valence-corrected chi connectivity index (χ2v) is 9.14. The van der Waals surface area contributed by atoms with Crippen LogP contribution in [0.15, 0.2) is 30.3 Å². The number of benzene rings is 1. The molecule has 0 aliphatic rings. The summed E-state index contributed by atoms with van der Waals surface area (Å²) in [5.74, 6) is 3.11. The number of terminal acetylenes is 1. The van der Waals surface area contributed by atoms with Crippen molar-refractivity contribution in [2.75, 3.05) is 19.6 Å². The lowest BCUT2D eigenvalue weighted by molar-refractivity contribution is -0.927. The van der Waals surface area contributed by atoms with Crippen LogP contribution in [0.5, 0.6) is 0 Å². The zero-order valence-corrected chi connectivity index (χ0v) is 19.9. The Morgan fingerprint density at radius 2 is 1.33 bits per heavy atom. The zero-order chi connectivity index (χ0) is 19.8. The topological polar surface area (TPSA) is 0 Å². The van der Waals surface area contributed by atoms with Gasteiger partial charge in [-0.25, -0.2) is 0 Å². The number of quaternary nitrogens is 1. The number of rotatable bonds is 16. The molecule has 152 valence electrons. The normalized spacial score (nSPS) is 12.7. The molecule has 0 N–H and O–H groups in total. The first-order valence-electron chi connectivity index (χ1n) is 11.2. The Kier molecular flexibility index (Phi) is 14.0. The van der Waals surface area contributed by atoms with Crippen molar-refractivity contribution in [3.8, 4) is 12.3 Å². The second kappa shape index (κ2) is 15.4. The highest BCUT2D eigenvalue weighted by atomic mass is 127. The highest BCUT2D eigenvalue weighted by Crippen LogP contribution is 2.24. The molecular weight excluding hydrogens is 441 g/mol. The van der Waals surface area contributed by atoms with E-state index in [0.717, 1.165) is 10.9 Å². The Morgan fingerprint density at radius 1 is 0.815 bits per heavy atom. The van der Waals surface area contributed by atoms with E-state index in [4.69, 9.17) is 6.42 Å². The molecular formula is C25H41IN+. The van der Waals surface area contributed by atoms with E-state index < -0.39 is 0 Å². The minimum atomic E-state index is 0.281. The van der Waals surface area contributed by atoms with Crippen LogP contribution in [0.25, 0.3) is 0 Å². The van der Waals surface area contributed by atoms with Crippen LogP contribution in [-0.4, -0.2) is 28.2 Å². The maximum Gasteiger partial charge on any atom is 0.200 e. The third kappa shape index (κ3) is 9.99. The number of alkyl halides is 1. The molecule has 0 aliphatic heterocycles. The summed E-state index contributed by atoms with van der Waals surface area (Å²) in [6.45, 7) is 8.22. The lowest BCUT2D eigenvalue weighted by atomic mass is 10.1. The predicted molar refractivity (Wildman–Crippen MR) is 129 cm³/mol. The van der Waals surface area contributed by atoms with Crippen LogP contribution in [0.4, 0.5) is 0 Å². The number of hydrogen-bond acceptors (Lipinski definition) is 0. The fraction of sp³-hybridized carbons (Fsp3) is 0.680. The van der Waals surface area contributed by atoms with Crippen LogP contribution >= 0.6 is 22.6 Å². The molecule has 27 heavy (non-hydrogen) atoms. The molecule has 0 radical (unpaired) electrons. The average Bonchev–Trinajstić information content (AvgIpc) is 2.71. The SMILES string of the molecule is C#CC(I)[N+](CCCCCCC)(CCCCCCC)CCc1ccccc1. The van der Waals surface area contributed by atoms with E-state index in [1.807, 2.05) is 0 Å². The first-order chi connectivity index (χ1) is 13.2. The largest absolute Gasteiger partial charge is 0.303 e. The first kappa shape index (κ1) is 24.5. The molecule has 1 nitrogen and oxygen atoms in total. The Balaban J connectivity index is 2.74. The van der Waals surface area contributed by atoms with Gasteiger partial charge in [0.25, 0.3) is 0 Å². The van der Waals surface area contributed by atoms with Gasteiger partial charge < -0.3 is 4.48 Å². The summed E-state index contributed by atoms with van der Waals surface area (Å²) in [7, 11) is 0. The van der Waals surface area contributed by atoms with Crippen molar-refractivity contribution in [3.63, 3.8) is 0 Å². The summed E-state index contributed by atoms with van der Waals surface area (Å²) in [4.78, 5) is 0. The van der Waals surface area contributed by atoms with E-state index in [-0.39, 0.29) is 4.05 Å². The number of hydrogen-bond donors (Lipinski definition) is 0. The average molecular weight is 483 g/mol. The van der Waals surface area contributed by atoms with Crippen LogP contribution in [0, 0.1) is 12.3 Å². The van der Waals surface area contributed by atoms with Gasteiger partial charge in [-0.05, 0) is 37.2 Å². The van der Waals surface area contributed by atoms with Gasteiger partial charge in [0.1, 0.15) is 0 Å². The lowest BCUT2D eigenvalue weighted by Crippen LogP contribution is -2.54. The highest BCUT2D eigenvalue weighted by molar-refractivity contribution is 14.1. The second-order valence-electron chi connectivity index (χ2n) is 7.96. The smallest absolute Gasteiger partial charge is 0.200 e. The van der Waals surface area contributed by atoms with Crippen molar-refractivity contribution in [2.45, 2.75) is 88.5 Å². The number of unbranched alkanes of at least 4 members (excludes halogenated alkanes) is 8. The third-order valence-corrected chi connectivity index (χ3v) is 7.26. The first-order valence-corrected chi connectivity index (χ1v) is 12.4. The van der Waals surface area contributed by atoms with Crippen LogP contribution < -0.4 is 0 Å². The summed E-state index contributed by atoms with van der Waals surface area (Å²) >= 11 is 2.54. The van der Waals surface area contributed by atoms with Crippen molar-refractivity contribution in [3.05, 3.63) is 35.9 Å². The molecule has 1 unspecified atom stereocenters. The van der Waals surface area contributed by atoms with E-state index in [1.54, 1.807) is 0 Å². The molecule has 0 aliphatic carbocycles. The van der Waals surface area contributed by atoms with Gasteiger partial charge in [-0.1, -0.05) is 82.7 Å². The van der Waals surface area contributed by atoms with Crippen LogP contribution in [-0.2, 0) is 6.42 Å². The molecule has 0 amide bonds. The Hall–Kier alpha value is -0.530. The molecule has 0 saturated carbocycles. The highest BCUT2D eigenvalue weighted by Gasteiger charge is 2.33. The molecule has 0 spiro atoms. The molecule has 0 saturated heterocycles. The van der Waals surface area contributed by atoms with Gasteiger partial charge in [0.15, 0.2) is 0 Å². The summed E-state index contributed by atoms with van der Waals surface area (Å²) < 4.78 is 1.38. The summed E-state index contributed by atoms with van der Waals surface area (Å²) in [6, 6.07) is 10.9. The van der Waals surface area contributed by atoms with Crippen molar-refractivity contribution in [1.29, 1.82) is 0 Å². The van der Waals surface area contributed by atoms with E-state index in [1.165, 1.54) is 89.4 Å². The van der Waals surface area contributed by atoms with Crippen LogP contribution in [0.3, 0.4) is 0 Å². The van der Waals surface area contributed by atoms with Gasteiger partial charge >= 0.3 is 0 Å². The lowest BCUT2D eigenvalue weighted by Gasteiger charge is -2.41. The minimum absolute atomic E-state index is 0.281. The quantitative estimate of drug-likeness (QED) is 0.0576. The van der Waals surface area contributed by atoms with Gasteiger partial charge in [0.05, 0.1) is 19.6 Å². The predicted octanol–water partition coefficient (Wildman–Crippen LogP) is 7.38. The summed E-state index contributed by atoms with van der Waals surface area (Å²) in [6.07, 6.45) is 20.5. The minimum Gasteiger partial charge on any atom is -0.303 e. The molecule has 1 aromatic rings. The molecule has 1 rings (SSSR count). The van der Waals surface area contributed by atoms with E-state index >= 15 is 0 Å². The summed E-state index contributed by atoms with van der Waals surface area (Å²) in [5.41, 5.74) is 1.44. The molecule has 0 aromatic heterocycles. The molecule has 2 heteroatoms.